The third kappa shape index (κ3) is 7.76. The normalized spacial score (nSPS) is 13.3. The highest BCUT2D eigenvalue weighted by Gasteiger charge is 2.14. The molecular weight excluding hydrogens is 559 g/mol. The van der Waals surface area contributed by atoms with E-state index in [1.165, 1.54) is 18.1 Å². The molecule has 1 saturated heterocycles. The van der Waals surface area contributed by atoms with Crippen molar-refractivity contribution in [2.75, 3.05) is 57.3 Å². The van der Waals surface area contributed by atoms with Crippen LogP contribution in [0.4, 0.5) is 23.1 Å². The fourth-order valence-electron chi connectivity index (χ4n) is 4.53. The van der Waals surface area contributed by atoms with Gasteiger partial charge in [-0.25, -0.2) is 9.97 Å². The van der Waals surface area contributed by atoms with Crippen LogP contribution >= 0.6 is 19.5 Å². The van der Waals surface area contributed by atoms with Crippen LogP contribution in [0.1, 0.15) is 12.8 Å². The number of hydrogen-bond donors (Lipinski definition) is 2. The van der Waals surface area contributed by atoms with Crippen molar-refractivity contribution >= 4 is 48.0 Å². The number of ether oxygens (including phenoxy) is 3. The number of nitrogens with zero attached hydrogens (tertiary/aromatic N) is 4. The first kappa shape index (κ1) is 28.9. The van der Waals surface area contributed by atoms with E-state index in [0.717, 1.165) is 25.3 Å². The molecular formula is C30H34ClN6O3P. The first-order valence-electron chi connectivity index (χ1n) is 13.5. The predicted molar refractivity (Wildman–Crippen MR) is 167 cm³/mol. The van der Waals surface area contributed by atoms with E-state index in [1.54, 1.807) is 37.7 Å². The van der Waals surface area contributed by atoms with Gasteiger partial charge in [0.15, 0.2) is 5.82 Å². The molecule has 1 fully saturated rings. The molecule has 9 nitrogen and oxygen atoms in total. The number of nitrogens with one attached hydrogen (secondary N) is 2. The first-order valence-corrected chi connectivity index (χ1v) is 16.1. The molecule has 0 unspecified atom stereocenters. The van der Waals surface area contributed by atoms with Crippen molar-refractivity contribution in [3.05, 3.63) is 72.0 Å². The zero-order chi connectivity index (χ0) is 28.6. The molecule has 0 radical (unpaired) electrons. The van der Waals surface area contributed by atoms with Gasteiger partial charge in [-0.1, -0.05) is 37.7 Å². The molecule has 0 saturated carbocycles. The second-order valence-electron chi connectivity index (χ2n) is 9.74. The Morgan fingerprint density at radius 2 is 1.76 bits per heavy atom. The van der Waals surface area contributed by atoms with Gasteiger partial charge in [-0.15, -0.1) is 0 Å². The summed E-state index contributed by atoms with van der Waals surface area (Å²) in [5, 5.41) is 8.26. The van der Waals surface area contributed by atoms with Gasteiger partial charge in [0.2, 0.25) is 11.8 Å². The van der Waals surface area contributed by atoms with E-state index in [0.29, 0.717) is 52.2 Å². The van der Waals surface area contributed by atoms with Gasteiger partial charge in [0.05, 0.1) is 19.0 Å². The average Bonchev–Trinajstić information content (AvgIpc) is 3.50. The molecule has 0 bridgehead atoms. The molecule has 1 aliphatic heterocycles. The number of pyridine rings is 1. The Kier molecular flexibility index (Phi) is 9.72. The van der Waals surface area contributed by atoms with Crippen molar-refractivity contribution in [2.24, 2.45) is 0 Å². The molecule has 4 aromatic rings. The van der Waals surface area contributed by atoms with E-state index in [4.69, 9.17) is 25.8 Å². The lowest BCUT2D eigenvalue weighted by Gasteiger charge is -2.16. The molecule has 11 heteroatoms. The second kappa shape index (κ2) is 13.8. The minimum absolute atomic E-state index is 0.310. The molecule has 214 valence electrons. The largest absolute Gasteiger partial charge is 0.494 e. The van der Waals surface area contributed by atoms with Gasteiger partial charge >= 0.3 is 0 Å². The van der Waals surface area contributed by atoms with Crippen molar-refractivity contribution in [3.63, 3.8) is 0 Å². The van der Waals surface area contributed by atoms with E-state index in [9.17, 15) is 0 Å². The molecule has 0 amide bonds. The van der Waals surface area contributed by atoms with Gasteiger partial charge in [0.25, 0.3) is 0 Å². The van der Waals surface area contributed by atoms with Crippen molar-refractivity contribution < 1.29 is 14.2 Å². The van der Waals surface area contributed by atoms with Crippen molar-refractivity contribution in [2.45, 2.75) is 12.8 Å². The van der Waals surface area contributed by atoms with Gasteiger partial charge in [0, 0.05) is 30.6 Å². The minimum Gasteiger partial charge on any atom is -0.494 e. The van der Waals surface area contributed by atoms with Crippen LogP contribution in [0.15, 0.2) is 67.0 Å². The van der Waals surface area contributed by atoms with Crippen LogP contribution in [0.2, 0.25) is 5.02 Å². The number of benzene rings is 2. The van der Waals surface area contributed by atoms with Crippen LogP contribution in [0.25, 0.3) is 0 Å². The van der Waals surface area contributed by atoms with Crippen LogP contribution in [0, 0.1) is 0 Å². The summed E-state index contributed by atoms with van der Waals surface area (Å²) in [6.45, 7) is 8.20. The zero-order valence-corrected chi connectivity index (χ0v) is 25.1. The molecule has 0 atom stereocenters. The maximum absolute atomic E-state index is 6.44. The fourth-order valence-corrected chi connectivity index (χ4v) is 5.66. The predicted octanol–water partition coefficient (Wildman–Crippen LogP) is 6.65. The number of likely N-dealkylation sites (tertiary alicyclic amines) is 1. The van der Waals surface area contributed by atoms with Crippen LogP contribution in [0.5, 0.6) is 23.1 Å². The topological polar surface area (TPSA) is 93.7 Å². The molecule has 5 rings (SSSR count). The van der Waals surface area contributed by atoms with Crippen LogP contribution in [0.3, 0.4) is 0 Å². The smallest absolute Gasteiger partial charge is 0.229 e. The first-order chi connectivity index (χ1) is 20.0. The molecule has 2 aromatic heterocycles. The molecule has 0 aliphatic carbocycles. The third-order valence-electron chi connectivity index (χ3n) is 6.60. The summed E-state index contributed by atoms with van der Waals surface area (Å²) in [5.74, 6) is 3.23. The van der Waals surface area contributed by atoms with Gasteiger partial charge in [-0.05, 0) is 68.8 Å². The summed E-state index contributed by atoms with van der Waals surface area (Å²) in [4.78, 5) is 15.7. The molecule has 2 N–H and O–H groups in total. The molecule has 3 heterocycles. The van der Waals surface area contributed by atoms with E-state index < -0.39 is 0 Å². The van der Waals surface area contributed by atoms with E-state index in [-0.39, 0.29) is 7.92 Å². The third-order valence-corrected chi connectivity index (χ3v) is 8.23. The van der Waals surface area contributed by atoms with Crippen LogP contribution in [-0.4, -0.2) is 66.5 Å². The highest BCUT2D eigenvalue weighted by Crippen LogP contribution is 2.35. The van der Waals surface area contributed by atoms with E-state index in [1.807, 2.05) is 30.3 Å². The Bertz CT molecular complexity index is 1470. The monoisotopic (exact) mass is 592 g/mol. The van der Waals surface area contributed by atoms with Crippen molar-refractivity contribution in [1.29, 1.82) is 0 Å². The highest BCUT2D eigenvalue weighted by molar-refractivity contribution is 7.64. The number of aromatic nitrogens is 3. The summed E-state index contributed by atoms with van der Waals surface area (Å²) >= 11 is 6.44. The second-order valence-corrected chi connectivity index (χ2v) is 12.4. The summed E-state index contributed by atoms with van der Waals surface area (Å²) in [7, 11) is 1.29. The number of para-hydroxylation sites is 1. The summed E-state index contributed by atoms with van der Waals surface area (Å²) in [6, 6.07) is 17.2. The Morgan fingerprint density at radius 1 is 0.951 bits per heavy atom. The number of halogens is 1. The molecule has 41 heavy (non-hydrogen) atoms. The van der Waals surface area contributed by atoms with Crippen molar-refractivity contribution in [1.82, 2.24) is 19.9 Å². The van der Waals surface area contributed by atoms with E-state index >= 15 is 0 Å². The lowest BCUT2D eigenvalue weighted by Crippen LogP contribution is -2.25. The number of rotatable bonds is 12. The lowest BCUT2D eigenvalue weighted by atomic mass is 10.2. The number of hydrogen-bond acceptors (Lipinski definition) is 9. The zero-order valence-electron chi connectivity index (χ0n) is 23.4. The maximum atomic E-state index is 6.44. The number of methoxy groups -OCH3 is 1. The molecule has 0 spiro atoms. The van der Waals surface area contributed by atoms with Crippen LogP contribution in [-0.2, 0) is 0 Å². The van der Waals surface area contributed by atoms with Crippen molar-refractivity contribution in [3.8, 4) is 23.1 Å². The standard InChI is InChI=1S/C30H34ClN6O3P/c1-38-26-18-21(40-22-12-13-32-28(19-22)39-17-16-37-14-6-7-15-37)10-11-24(26)35-30-33-20-23(31)29(36-30)34-25-8-4-5-9-27(25)41(2)3/h4-5,8-13,18-20H,6-7,14-17H2,1-3H3,(H2,33,34,35,36). The van der Waals surface area contributed by atoms with Gasteiger partial charge in [-0.3, -0.25) is 4.90 Å². The van der Waals surface area contributed by atoms with Gasteiger partial charge < -0.3 is 24.8 Å². The lowest BCUT2D eigenvalue weighted by molar-refractivity contribution is 0.231. The summed E-state index contributed by atoms with van der Waals surface area (Å²) in [5.41, 5.74) is 1.66. The molecule has 2 aromatic carbocycles. The Balaban J connectivity index is 1.25. The Labute approximate surface area is 247 Å². The Morgan fingerprint density at radius 3 is 2.56 bits per heavy atom. The maximum Gasteiger partial charge on any atom is 0.229 e. The average molecular weight is 593 g/mol. The fraction of sp³-hybridized carbons (Fsp3) is 0.300. The van der Waals surface area contributed by atoms with Crippen LogP contribution < -0.4 is 30.1 Å². The van der Waals surface area contributed by atoms with Gasteiger partial charge in [0.1, 0.15) is 28.9 Å². The Hall–Kier alpha value is -3.65. The minimum atomic E-state index is -0.310. The van der Waals surface area contributed by atoms with Gasteiger partial charge in [-0.2, -0.15) is 4.98 Å². The van der Waals surface area contributed by atoms with E-state index in [2.05, 4.69) is 49.9 Å². The summed E-state index contributed by atoms with van der Waals surface area (Å²) in [6.07, 6.45) is 5.77. The quantitative estimate of drug-likeness (QED) is 0.175. The SMILES string of the molecule is COc1cc(Oc2ccnc(OCCN3CCCC3)c2)ccc1Nc1ncc(Cl)c(Nc2ccccc2P(C)C)n1. The highest BCUT2D eigenvalue weighted by atomic mass is 35.5. The summed E-state index contributed by atoms with van der Waals surface area (Å²) < 4.78 is 17.6. The molecule has 1 aliphatic rings. The number of anilines is 4.